The second-order valence-corrected chi connectivity index (χ2v) is 7.39. The fraction of sp³-hybridized carbons (Fsp3) is 0.0476. The number of amides is 1. The smallest absolute Gasteiger partial charge is 0.265 e. The van der Waals surface area contributed by atoms with Gasteiger partial charge in [-0.25, -0.2) is 0 Å². The molecule has 0 saturated carbocycles. The number of allylic oxidation sites excluding steroid dienone is 1. The molecule has 128 valence electrons. The van der Waals surface area contributed by atoms with Crippen molar-refractivity contribution >= 4 is 46.0 Å². The van der Waals surface area contributed by atoms with Gasteiger partial charge in [-0.3, -0.25) is 14.5 Å². The van der Waals surface area contributed by atoms with Crippen LogP contribution >= 0.6 is 22.9 Å². The van der Waals surface area contributed by atoms with E-state index in [9.17, 15) is 9.59 Å². The van der Waals surface area contributed by atoms with E-state index >= 15 is 0 Å². The van der Waals surface area contributed by atoms with Crippen LogP contribution in [0.15, 0.2) is 84.3 Å². The van der Waals surface area contributed by atoms with Crippen LogP contribution in [0.3, 0.4) is 0 Å². The van der Waals surface area contributed by atoms with Crippen LogP contribution in [0, 0.1) is 0 Å². The van der Waals surface area contributed by atoms with Crippen molar-refractivity contribution in [2.75, 3.05) is 4.90 Å². The van der Waals surface area contributed by atoms with Crippen LogP contribution in [-0.2, 0) is 14.5 Å². The lowest BCUT2D eigenvalue weighted by molar-refractivity contribution is -0.128. The first-order chi connectivity index (χ1) is 12.6. The Bertz CT molecular complexity index is 983. The van der Waals surface area contributed by atoms with Gasteiger partial charge in [0, 0.05) is 11.8 Å². The van der Waals surface area contributed by atoms with E-state index in [1.807, 2.05) is 53.9 Å². The molecule has 26 heavy (non-hydrogen) atoms. The number of alkyl halides is 1. The van der Waals surface area contributed by atoms with Gasteiger partial charge >= 0.3 is 0 Å². The fourth-order valence-corrected chi connectivity index (χ4v) is 4.03. The van der Waals surface area contributed by atoms with E-state index in [-0.39, 0.29) is 0 Å². The first-order valence-corrected chi connectivity index (χ1v) is 9.32. The molecule has 5 heteroatoms. The van der Waals surface area contributed by atoms with Crippen molar-refractivity contribution in [2.24, 2.45) is 0 Å². The van der Waals surface area contributed by atoms with Gasteiger partial charge in [0.1, 0.15) is 0 Å². The number of nitrogens with zero attached hydrogens (tertiary/aromatic N) is 1. The maximum absolute atomic E-state index is 13.5. The molecule has 3 nitrogen and oxygen atoms in total. The van der Waals surface area contributed by atoms with Gasteiger partial charge < -0.3 is 0 Å². The summed E-state index contributed by atoms with van der Waals surface area (Å²) in [6.45, 7) is 0. The van der Waals surface area contributed by atoms with E-state index in [4.69, 9.17) is 11.6 Å². The number of hydrogen-bond acceptors (Lipinski definition) is 3. The molecule has 0 radical (unpaired) electrons. The zero-order valence-electron chi connectivity index (χ0n) is 13.6. The Labute approximate surface area is 160 Å². The van der Waals surface area contributed by atoms with Gasteiger partial charge in [0.2, 0.25) is 4.87 Å². The summed E-state index contributed by atoms with van der Waals surface area (Å²) in [5.74, 6) is -0.890. The average molecular weight is 380 g/mol. The van der Waals surface area contributed by atoms with Crippen LogP contribution in [0.4, 0.5) is 5.69 Å². The molecule has 1 atom stereocenters. The first kappa shape index (κ1) is 16.8. The zero-order chi connectivity index (χ0) is 18.1. The third kappa shape index (κ3) is 2.59. The van der Waals surface area contributed by atoms with E-state index in [0.717, 1.165) is 4.88 Å². The number of anilines is 1. The number of hydrogen-bond donors (Lipinski definition) is 0. The number of benzene rings is 2. The van der Waals surface area contributed by atoms with Crippen molar-refractivity contribution < 1.29 is 9.59 Å². The Hall–Kier alpha value is -2.69. The first-order valence-electron chi connectivity index (χ1n) is 8.06. The van der Waals surface area contributed by atoms with E-state index in [1.165, 1.54) is 22.3 Å². The molecule has 2 heterocycles. The summed E-state index contributed by atoms with van der Waals surface area (Å²) in [6.07, 6.45) is 1.47. The molecule has 3 aromatic rings. The Kier molecular flexibility index (Phi) is 4.23. The van der Waals surface area contributed by atoms with Crippen molar-refractivity contribution in [2.45, 2.75) is 4.87 Å². The number of halogens is 1. The van der Waals surface area contributed by atoms with Crippen molar-refractivity contribution in [3.05, 3.63) is 94.7 Å². The normalized spacial score (nSPS) is 20.2. The summed E-state index contributed by atoms with van der Waals surface area (Å²) < 4.78 is 0. The van der Waals surface area contributed by atoms with Crippen molar-refractivity contribution in [3.8, 4) is 0 Å². The van der Waals surface area contributed by atoms with Crippen LogP contribution in [0.2, 0.25) is 0 Å². The highest BCUT2D eigenvalue weighted by atomic mass is 35.5. The third-order valence-electron chi connectivity index (χ3n) is 4.31. The molecule has 2 aromatic carbocycles. The summed E-state index contributed by atoms with van der Waals surface area (Å²) in [5, 5.41) is 1.91. The van der Waals surface area contributed by atoms with Gasteiger partial charge in [-0.1, -0.05) is 66.2 Å². The second kappa shape index (κ2) is 6.56. The minimum absolute atomic E-state index is 0.425. The highest BCUT2D eigenvalue weighted by Gasteiger charge is 2.51. The van der Waals surface area contributed by atoms with Crippen LogP contribution < -0.4 is 4.90 Å². The van der Waals surface area contributed by atoms with Crippen LogP contribution in [0.5, 0.6) is 0 Å². The van der Waals surface area contributed by atoms with Crippen LogP contribution in [0.1, 0.15) is 10.4 Å². The summed E-state index contributed by atoms with van der Waals surface area (Å²) in [7, 11) is 0. The Morgan fingerprint density at radius 1 is 0.846 bits per heavy atom. The number of carbonyl (C=O) groups is 2. The predicted octanol–water partition coefficient (Wildman–Crippen LogP) is 4.84. The third-order valence-corrected chi connectivity index (χ3v) is 5.76. The Morgan fingerprint density at radius 2 is 1.50 bits per heavy atom. The lowest BCUT2D eigenvalue weighted by atomic mass is 9.88. The minimum atomic E-state index is -1.77. The second-order valence-electron chi connectivity index (χ2n) is 5.87. The van der Waals surface area contributed by atoms with Crippen molar-refractivity contribution in [3.63, 3.8) is 0 Å². The molecule has 0 saturated heterocycles. The predicted molar refractivity (Wildman–Crippen MR) is 105 cm³/mol. The van der Waals surface area contributed by atoms with Gasteiger partial charge in [0.15, 0.2) is 5.78 Å². The molecule has 0 bridgehead atoms. The lowest BCUT2D eigenvalue weighted by Crippen LogP contribution is -2.50. The van der Waals surface area contributed by atoms with Crippen LogP contribution in [0.25, 0.3) is 5.70 Å². The molecule has 0 fully saturated rings. The monoisotopic (exact) mass is 379 g/mol. The SMILES string of the molecule is O=C1C=C(c2cccs2)N(c2ccccc2)C(=O)C1(Cl)c1ccccc1. The molecule has 1 unspecified atom stereocenters. The number of thiophene rings is 1. The number of rotatable bonds is 3. The molecule has 0 spiro atoms. The van der Waals surface area contributed by atoms with Gasteiger partial charge in [-0.05, 0) is 29.1 Å². The molecule has 0 N–H and O–H groups in total. The van der Waals surface area contributed by atoms with Gasteiger partial charge in [-0.15, -0.1) is 11.3 Å². The Balaban J connectivity index is 1.93. The number of ketones is 1. The van der Waals surface area contributed by atoms with E-state index in [1.54, 1.807) is 24.3 Å². The van der Waals surface area contributed by atoms with E-state index in [0.29, 0.717) is 16.9 Å². The molecule has 4 rings (SSSR count). The van der Waals surface area contributed by atoms with Crippen LogP contribution in [-0.4, -0.2) is 11.7 Å². The molecule has 0 aliphatic carbocycles. The summed E-state index contributed by atoms with van der Waals surface area (Å²) in [5.41, 5.74) is 1.69. The molecule has 1 aliphatic rings. The standard InChI is InChI=1S/C21H14ClNO2S/c22-21(15-8-3-1-4-9-15)19(24)14-17(18-12-7-13-26-18)23(20(21)25)16-10-5-2-6-11-16/h1-14H. The van der Waals surface area contributed by atoms with Gasteiger partial charge in [-0.2, -0.15) is 0 Å². The van der Waals surface area contributed by atoms with Gasteiger partial charge in [0.05, 0.1) is 10.6 Å². The topological polar surface area (TPSA) is 37.4 Å². The Morgan fingerprint density at radius 3 is 2.12 bits per heavy atom. The quantitative estimate of drug-likeness (QED) is 0.482. The molecular formula is C21H14ClNO2S. The molecular weight excluding hydrogens is 366 g/mol. The summed E-state index contributed by atoms with van der Waals surface area (Å²) in [6, 6.07) is 21.8. The van der Waals surface area contributed by atoms with Crippen molar-refractivity contribution in [1.82, 2.24) is 0 Å². The summed E-state index contributed by atoms with van der Waals surface area (Å²) >= 11 is 8.16. The fourth-order valence-electron chi connectivity index (χ4n) is 3.03. The maximum atomic E-state index is 13.5. The average Bonchev–Trinajstić information content (AvgIpc) is 3.22. The number of para-hydroxylation sites is 1. The maximum Gasteiger partial charge on any atom is 0.265 e. The van der Waals surface area contributed by atoms with Crippen molar-refractivity contribution in [1.29, 1.82) is 0 Å². The molecule has 1 aromatic heterocycles. The minimum Gasteiger partial charge on any atom is -0.292 e. The van der Waals surface area contributed by atoms with Gasteiger partial charge in [0.25, 0.3) is 5.91 Å². The number of carbonyl (C=O) groups excluding carboxylic acids is 2. The summed E-state index contributed by atoms with van der Waals surface area (Å²) in [4.78, 5) is 27.1. The van der Waals surface area contributed by atoms with E-state index < -0.39 is 16.6 Å². The highest BCUT2D eigenvalue weighted by molar-refractivity contribution is 7.11. The molecule has 1 aliphatic heterocycles. The van der Waals surface area contributed by atoms with E-state index in [2.05, 4.69) is 0 Å². The largest absolute Gasteiger partial charge is 0.292 e. The highest BCUT2D eigenvalue weighted by Crippen LogP contribution is 2.42. The zero-order valence-corrected chi connectivity index (χ0v) is 15.2. The lowest BCUT2D eigenvalue weighted by Gasteiger charge is -2.36. The molecule has 1 amide bonds.